The van der Waals surface area contributed by atoms with Gasteiger partial charge in [0, 0.05) is 6.54 Å². The van der Waals surface area contributed by atoms with Crippen LogP contribution >= 0.6 is 0 Å². The van der Waals surface area contributed by atoms with E-state index in [0.29, 0.717) is 24.2 Å². The molecule has 1 aromatic carbocycles. The van der Waals surface area contributed by atoms with Gasteiger partial charge in [0.05, 0.1) is 22.8 Å². The van der Waals surface area contributed by atoms with Crippen LogP contribution in [0.3, 0.4) is 0 Å². The molecule has 1 aliphatic rings. The molecule has 1 atom stereocenters. The summed E-state index contributed by atoms with van der Waals surface area (Å²) < 4.78 is 22.6. The quantitative estimate of drug-likeness (QED) is 0.539. The van der Waals surface area contributed by atoms with Gasteiger partial charge in [-0.05, 0) is 24.5 Å². The van der Waals surface area contributed by atoms with Crippen molar-refractivity contribution in [3.05, 3.63) is 29.8 Å². The third-order valence-electron chi connectivity index (χ3n) is 3.21. The van der Waals surface area contributed by atoms with E-state index in [0.717, 1.165) is 0 Å². The molecule has 1 amide bonds. The molecule has 1 aliphatic heterocycles. The lowest BCUT2D eigenvalue weighted by Crippen LogP contribution is -2.30. The van der Waals surface area contributed by atoms with Crippen molar-refractivity contribution in [1.82, 2.24) is 5.32 Å². The zero-order valence-electron chi connectivity index (χ0n) is 10.4. The van der Waals surface area contributed by atoms with E-state index >= 15 is 0 Å². The van der Waals surface area contributed by atoms with Gasteiger partial charge in [-0.15, -0.1) is 0 Å². The van der Waals surface area contributed by atoms with Crippen LogP contribution in [0.4, 0.5) is 5.69 Å². The predicted molar refractivity (Wildman–Crippen MR) is 73.3 cm³/mol. The second-order valence-corrected chi connectivity index (χ2v) is 6.90. The summed E-state index contributed by atoms with van der Waals surface area (Å²) >= 11 is 0. The molecule has 4 N–H and O–H groups in total. The lowest BCUT2D eigenvalue weighted by atomic mass is 10.1. The molecule has 1 unspecified atom stereocenters. The first-order chi connectivity index (χ1) is 9.02. The third-order valence-corrected chi connectivity index (χ3v) is 5.04. The molecule has 2 rings (SSSR count). The van der Waals surface area contributed by atoms with Gasteiger partial charge in [0.2, 0.25) is 0 Å². The van der Waals surface area contributed by atoms with Gasteiger partial charge in [0.25, 0.3) is 5.91 Å². The first-order valence-electron chi connectivity index (χ1n) is 6.06. The number of carbonyl (C=O) groups is 1. The van der Waals surface area contributed by atoms with Crippen LogP contribution in [0.1, 0.15) is 16.8 Å². The summed E-state index contributed by atoms with van der Waals surface area (Å²) in [4.78, 5) is 12.0. The zero-order chi connectivity index (χ0) is 13.9. The van der Waals surface area contributed by atoms with Crippen LogP contribution in [-0.4, -0.2) is 32.4 Å². The van der Waals surface area contributed by atoms with Gasteiger partial charge < -0.3 is 10.7 Å². The van der Waals surface area contributed by atoms with E-state index in [1.807, 2.05) is 0 Å². The lowest BCUT2D eigenvalue weighted by Gasteiger charge is -2.12. The van der Waals surface area contributed by atoms with Gasteiger partial charge in [-0.1, -0.05) is 12.1 Å². The fraction of sp³-hybridized carbons (Fsp3) is 0.417. The number of rotatable bonds is 4. The Morgan fingerprint density at radius 1 is 1.37 bits per heavy atom. The Morgan fingerprint density at radius 3 is 2.74 bits per heavy atom. The monoisotopic (exact) mass is 283 g/mol. The van der Waals surface area contributed by atoms with E-state index in [-0.39, 0.29) is 23.3 Å². The Kier molecular flexibility index (Phi) is 4.06. The van der Waals surface area contributed by atoms with Crippen LogP contribution in [0, 0.1) is 5.92 Å². The van der Waals surface area contributed by atoms with E-state index in [4.69, 9.17) is 5.84 Å². The van der Waals surface area contributed by atoms with Crippen molar-refractivity contribution in [3.63, 3.8) is 0 Å². The van der Waals surface area contributed by atoms with Gasteiger partial charge in [-0.3, -0.25) is 10.6 Å². The minimum Gasteiger partial charge on any atom is -0.352 e. The molecule has 0 bridgehead atoms. The maximum atomic E-state index is 12.0. The molecule has 0 aliphatic carbocycles. The van der Waals surface area contributed by atoms with Crippen LogP contribution in [0.25, 0.3) is 0 Å². The molecule has 0 spiro atoms. The Labute approximate surface area is 112 Å². The van der Waals surface area contributed by atoms with E-state index in [1.54, 1.807) is 24.3 Å². The summed E-state index contributed by atoms with van der Waals surface area (Å²) in [5, 5.41) is 2.75. The summed E-state index contributed by atoms with van der Waals surface area (Å²) in [7, 11) is -2.90. The highest BCUT2D eigenvalue weighted by atomic mass is 32.2. The molecule has 1 aromatic rings. The van der Waals surface area contributed by atoms with Gasteiger partial charge >= 0.3 is 0 Å². The molecule has 19 heavy (non-hydrogen) atoms. The maximum absolute atomic E-state index is 12.0. The Bertz CT molecular complexity index is 571. The minimum absolute atomic E-state index is 0.00643. The lowest BCUT2D eigenvalue weighted by molar-refractivity contribution is 0.0949. The normalized spacial score (nSPS) is 21.0. The molecule has 1 fully saturated rings. The number of hydrogen-bond acceptors (Lipinski definition) is 5. The van der Waals surface area contributed by atoms with Crippen molar-refractivity contribution < 1.29 is 13.2 Å². The van der Waals surface area contributed by atoms with E-state index in [9.17, 15) is 13.2 Å². The average Bonchev–Trinajstić information content (AvgIpc) is 2.75. The van der Waals surface area contributed by atoms with Crippen LogP contribution in [0.5, 0.6) is 0 Å². The molecule has 7 heteroatoms. The largest absolute Gasteiger partial charge is 0.352 e. The molecular formula is C12H17N3O3S. The van der Waals surface area contributed by atoms with Crippen LogP contribution < -0.4 is 16.6 Å². The molecule has 0 saturated carbocycles. The van der Waals surface area contributed by atoms with Crippen molar-refractivity contribution >= 4 is 21.4 Å². The fourth-order valence-electron chi connectivity index (χ4n) is 2.17. The second kappa shape index (κ2) is 5.58. The summed E-state index contributed by atoms with van der Waals surface area (Å²) in [5.74, 6) is 5.46. The number of benzene rings is 1. The number of hydrogen-bond donors (Lipinski definition) is 3. The number of anilines is 1. The predicted octanol–water partition coefficient (Wildman–Crippen LogP) is 0.137. The molecule has 1 heterocycles. The Morgan fingerprint density at radius 2 is 2.11 bits per heavy atom. The first kappa shape index (κ1) is 13.8. The van der Waals surface area contributed by atoms with E-state index in [2.05, 4.69) is 10.7 Å². The molecule has 0 radical (unpaired) electrons. The van der Waals surface area contributed by atoms with Crippen molar-refractivity contribution in [2.45, 2.75) is 6.42 Å². The molecule has 1 saturated heterocycles. The maximum Gasteiger partial charge on any atom is 0.253 e. The first-order valence-corrected chi connectivity index (χ1v) is 7.88. The Hall–Kier alpha value is -1.60. The highest BCUT2D eigenvalue weighted by molar-refractivity contribution is 7.91. The highest BCUT2D eigenvalue weighted by Crippen LogP contribution is 2.18. The van der Waals surface area contributed by atoms with Crippen molar-refractivity contribution in [1.29, 1.82) is 0 Å². The highest BCUT2D eigenvalue weighted by Gasteiger charge is 2.28. The second-order valence-electron chi connectivity index (χ2n) is 4.67. The van der Waals surface area contributed by atoms with Crippen LogP contribution in [0.2, 0.25) is 0 Å². The summed E-state index contributed by atoms with van der Waals surface area (Å²) in [6, 6.07) is 6.89. The number of para-hydroxylation sites is 1. The standard InChI is InChI=1S/C12H17N3O3S/c13-15-11-4-2-1-3-10(11)12(16)14-7-9-5-6-19(17,18)8-9/h1-4,9,15H,5-8,13H2,(H,14,16). The van der Waals surface area contributed by atoms with Crippen molar-refractivity contribution in [2.75, 3.05) is 23.5 Å². The number of carbonyl (C=O) groups excluding carboxylic acids is 1. The fourth-order valence-corrected chi connectivity index (χ4v) is 4.03. The number of nitrogens with one attached hydrogen (secondary N) is 2. The molecule has 104 valence electrons. The smallest absolute Gasteiger partial charge is 0.253 e. The number of amides is 1. The Balaban J connectivity index is 1.95. The number of sulfone groups is 1. The molecule has 6 nitrogen and oxygen atoms in total. The van der Waals surface area contributed by atoms with E-state index < -0.39 is 9.84 Å². The van der Waals surface area contributed by atoms with Crippen LogP contribution in [-0.2, 0) is 9.84 Å². The molecule has 0 aromatic heterocycles. The van der Waals surface area contributed by atoms with Gasteiger partial charge in [0.1, 0.15) is 0 Å². The number of nitrogens with two attached hydrogens (primary N) is 1. The summed E-state index contributed by atoms with van der Waals surface area (Å²) in [6.07, 6.45) is 0.611. The van der Waals surface area contributed by atoms with Crippen molar-refractivity contribution in [3.8, 4) is 0 Å². The van der Waals surface area contributed by atoms with Crippen LogP contribution in [0.15, 0.2) is 24.3 Å². The molecular weight excluding hydrogens is 266 g/mol. The zero-order valence-corrected chi connectivity index (χ0v) is 11.2. The van der Waals surface area contributed by atoms with E-state index in [1.165, 1.54) is 0 Å². The SMILES string of the molecule is NNc1ccccc1C(=O)NCC1CCS(=O)(=O)C1. The van der Waals surface area contributed by atoms with Gasteiger partial charge in [0.15, 0.2) is 9.84 Å². The summed E-state index contributed by atoms with van der Waals surface area (Å²) in [5.41, 5.74) is 3.45. The third kappa shape index (κ3) is 3.45. The average molecular weight is 283 g/mol. The van der Waals surface area contributed by atoms with Gasteiger partial charge in [-0.2, -0.15) is 0 Å². The number of nitrogen functional groups attached to an aromatic ring is 1. The number of hydrazine groups is 1. The van der Waals surface area contributed by atoms with Gasteiger partial charge in [-0.25, -0.2) is 8.42 Å². The minimum atomic E-state index is -2.90. The topological polar surface area (TPSA) is 101 Å². The van der Waals surface area contributed by atoms with Crippen molar-refractivity contribution in [2.24, 2.45) is 11.8 Å². The summed E-state index contributed by atoms with van der Waals surface area (Å²) in [6.45, 7) is 0.372.